The maximum absolute atomic E-state index is 3.97. The molecule has 1 aliphatic heterocycles. The number of allylic oxidation sites excluding steroid dienone is 3. The van der Waals surface area contributed by atoms with Crippen LogP contribution < -0.4 is 16.0 Å². The molecule has 1 saturated heterocycles. The summed E-state index contributed by atoms with van der Waals surface area (Å²) in [5.41, 5.74) is 15.6. The van der Waals surface area contributed by atoms with Crippen LogP contribution in [-0.4, -0.2) is 10.7 Å². The van der Waals surface area contributed by atoms with Gasteiger partial charge in [-0.3, -0.25) is 16.0 Å². The van der Waals surface area contributed by atoms with Crippen molar-refractivity contribution in [2.45, 2.75) is 50.6 Å². The van der Waals surface area contributed by atoms with Crippen LogP contribution in [-0.2, 0) is 5.41 Å². The Morgan fingerprint density at radius 2 is 1.25 bits per heavy atom. The monoisotopic (exact) mass is 674 g/mol. The van der Waals surface area contributed by atoms with Crippen LogP contribution in [0.1, 0.15) is 66.8 Å². The molecule has 254 valence electrons. The SMILES string of the molecule is CC1(C)c2ccccc2-c2c1ccc1c2c2ccccc2n1-c1cccc(C2NC(C3=CC=C(c4ccccc4)CC3)NC(c3ccccc3)N2)c1. The van der Waals surface area contributed by atoms with E-state index < -0.39 is 0 Å². The molecule has 1 aromatic heterocycles. The summed E-state index contributed by atoms with van der Waals surface area (Å²) >= 11 is 0. The van der Waals surface area contributed by atoms with Crippen molar-refractivity contribution in [1.29, 1.82) is 0 Å². The molecule has 1 fully saturated rings. The quantitative estimate of drug-likeness (QED) is 0.170. The lowest BCUT2D eigenvalue weighted by atomic mass is 9.82. The molecule has 2 heterocycles. The summed E-state index contributed by atoms with van der Waals surface area (Å²) in [5, 5.41) is 14.4. The first kappa shape index (κ1) is 31.2. The molecule has 6 aromatic carbocycles. The molecule has 4 nitrogen and oxygen atoms in total. The molecule has 0 radical (unpaired) electrons. The first-order valence-electron chi connectivity index (χ1n) is 18.6. The van der Waals surface area contributed by atoms with Crippen molar-refractivity contribution in [3.8, 4) is 16.8 Å². The van der Waals surface area contributed by atoms with Crippen LogP contribution in [0.3, 0.4) is 0 Å². The second kappa shape index (κ2) is 12.3. The lowest BCUT2D eigenvalue weighted by Crippen LogP contribution is -2.59. The molecule has 3 unspecified atom stereocenters. The third kappa shape index (κ3) is 5.02. The maximum Gasteiger partial charge on any atom is 0.0865 e. The Kier molecular flexibility index (Phi) is 7.40. The Labute approximate surface area is 305 Å². The molecule has 0 bridgehead atoms. The van der Waals surface area contributed by atoms with E-state index in [4.69, 9.17) is 0 Å². The highest BCUT2D eigenvalue weighted by Gasteiger charge is 2.37. The van der Waals surface area contributed by atoms with Crippen molar-refractivity contribution in [2.24, 2.45) is 0 Å². The average Bonchev–Trinajstić information content (AvgIpc) is 3.67. The molecule has 3 aliphatic rings. The minimum Gasteiger partial charge on any atom is -0.309 e. The molecule has 7 aromatic rings. The number of fused-ring (bicyclic) bond motifs is 7. The highest BCUT2D eigenvalue weighted by molar-refractivity contribution is 6.17. The molecule has 52 heavy (non-hydrogen) atoms. The number of nitrogens with zero attached hydrogens (tertiary/aromatic N) is 1. The van der Waals surface area contributed by atoms with E-state index in [1.807, 2.05) is 0 Å². The van der Waals surface area contributed by atoms with E-state index >= 15 is 0 Å². The topological polar surface area (TPSA) is 41.0 Å². The van der Waals surface area contributed by atoms with Crippen molar-refractivity contribution < 1.29 is 0 Å². The van der Waals surface area contributed by atoms with Crippen molar-refractivity contribution in [2.75, 3.05) is 0 Å². The summed E-state index contributed by atoms with van der Waals surface area (Å²) in [6.07, 6.45) is 6.61. The molecule has 3 atom stereocenters. The summed E-state index contributed by atoms with van der Waals surface area (Å²) < 4.78 is 2.47. The minimum absolute atomic E-state index is 0.0132. The van der Waals surface area contributed by atoms with Gasteiger partial charge in [0, 0.05) is 21.9 Å². The van der Waals surface area contributed by atoms with E-state index in [2.05, 4.69) is 192 Å². The first-order chi connectivity index (χ1) is 25.5. The van der Waals surface area contributed by atoms with Gasteiger partial charge in [0.2, 0.25) is 0 Å². The zero-order valence-corrected chi connectivity index (χ0v) is 29.6. The number of hydrogen-bond donors (Lipinski definition) is 3. The number of rotatable bonds is 5. The highest BCUT2D eigenvalue weighted by atomic mass is 15.4. The fourth-order valence-electron chi connectivity index (χ4n) is 9.05. The minimum atomic E-state index is -0.0678. The van der Waals surface area contributed by atoms with E-state index in [9.17, 15) is 0 Å². The van der Waals surface area contributed by atoms with Crippen LogP contribution >= 0.6 is 0 Å². The largest absolute Gasteiger partial charge is 0.309 e. The molecule has 0 spiro atoms. The van der Waals surface area contributed by atoms with Crippen LogP contribution in [0.4, 0.5) is 0 Å². The lowest BCUT2D eigenvalue weighted by Gasteiger charge is -2.41. The standard InChI is InChI=1S/C48H42N4/c1-48(2)39-22-11-9-20-37(39)43-40(48)28-29-42-44(43)38-21-10-12-23-41(38)52(42)36-19-13-18-35(30-36)47-50-45(33-16-7-4-8-17-33)49-46(51-47)34-26-24-32(25-27-34)31-14-5-3-6-15-31/h3-24,26,28-30,45-47,49-51H,25,27H2,1-2H3. The van der Waals surface area contributed by atoms with Crippen molar-refractivity contribution in [3.63, 3.8) is 0 Å². The second-order valence-corrected chi connectivity index (χ2v) is 15.0. The van der Waals surface area contributed by atoms with Crippen LogP contribution in [0.15, 0.2) is 163 Å². The summed E-state index contributed by atoms with van der Waals surface area (Å²) in [6, 6.07) is 53.2. The van der Waals surface area contributed by atoms with E-state index in [0.717, 1.165) is 18.5 Å². The Morgan fingerprint density at radius 1 is 0.558 bits per heavy atom. The van der Waals surface area contributed by atoms with Gasteiger partial charge in [0.1, 0.15) is 0 Å². The third-order valence-electron chi connectivity index (χ3n) is 11.7. The van der Waals surface area contributed by atoms with E-state index in [0.29, 0.717) is 0 Å². The van der Waals surface area contributed by atoms with Gasteiger partial charge in [-0.2, -0.15) is 0 Å². The lowest BCUT2D eigenvalue weighted by molar-refractivity contribution is 0.219. The predicted molar refractivity (Wildman–Crippen MR) is 215 cm³/mol. The highest BCUT2D eigenvalue weighted by Crippen LogP contribution is 2.53. The van der Waals surface area contributed by atoms with Gasteiger partial charge in [-0.25, -0.2) is 0 Å². The third-order valence-corrected chi connectivity index (χ3v) is 11.7. The Morgan fingerprint density at radius 3 is 2.06 bits per heavy atom. The molecule has 3 N–H and O–H groups in total. The van der Waals surface area contributed by atoms with Gasteiger partial charge in [0.05, 0.1) is 29.5 Å². The van der Waals surface area contributed by atoms with Gasteiger partial charge < -0.3 is 4.57 Å². The fourth-order valence-corrected chi connectivity index (χ4v) is 9.05. The van der Waals surface area contributed by atoms with Crippen molar-refractivity contribution in [1.82, 2.24) is 20.5 Å². The molecule has 10 rings (SSSR count). The Balaban J connectivity index is 1.07. The molecule has 2 aliphatic carbocycles. The number of hydrogen-bond acceptors (Lipinski definition) is 3. The number of benzene rings is 6. The fraction of sp³-hybridized carbons (Fsp3) is 0.167. The van der Waals surface area contributed by atoms with Crippen molar-refractivity contribution in [3.05, 3.63) is 191 Å². The summed E-state index contributed by atoms with van der Waals surface area (Å²) in [6.45, 7) is 4.73. The number of aromatic nitrogens is 1. The van der Waals surface area contributed by atoms with Crippen molar-refractivity contribution >= 4 is 27.4 Å². The van der Waals surface area contributed by atoms with Gasteiger partial charge in [-0.15, -0.1) is 0 Å². The molecule has 4 heteroatoms. The summed E-state index contributed by atoms with van der Waals surface area (Å²) in [7, 11) is 0. The zero-order valence-electron chi connectivity index (χ0n) is 29.6. The van der Waals surface area contributed by atoms with Gasteiger partial charge in [0.25, 0.3) is 0 Å². The molecule has 0 saturated carbocycles. The Bertz CT molecular complexity index is 2540. The number of para-hydroxylation sites is 1. The van der Waals surface area contributed by atoms with Crippen LogP contribution in [0.25, 0.3) is 44.2 Å². The van der Waals surface area contributed by atoms with E-state index in [-0.39, 0.29) is 23.9 Å². The second-order valence-electron chi connectivity index (χ2n) is 15.0. The Hall–Kier alpha value is -5.52. The van der Waals surface area contributed by atoms with Gasteiger partial charge in [-0.05, 0) is 87.2 Å². The van der Waals surface area contributed by atoms with E-state index in [1.54, 1.807) is 0 Å². The van der Waals surface area contributed by atoms with Gasteiger partial charge in [-0.1, -0.05) is 147 Å². The van der Waals surface area contributed by atoms with Crippen LogP contribution in [0.5, 0.6) is 0 Å². The van der Waals surface area contributed by atoms with Gasteiger partial charge in [0.15, 0.2) is 0 Å². The van der Waals surface area contributed by atoms with Gasteiger partial charge >= 0.3 is 0 Å². The number of nitrogens with one attached hydrogen (secondary N) is 3. The average molecular weight is 675 g/mol. The molecule has 0 amide bonds. The normalized spacial score (nSPS) is 20.7. The zero-order chi connectivity index (χ0) is 34.8. The summed E-state index contributed by atoms with van der Waals surface area (Å²) in [5.74, 6) is 0. The first-order valence-corrected chi connectivity index (χ1v) is 18.6. The maximum atomic E-state index is 3.97. The van der Waals surface area contributed by atoms with Crippen LogP contribution in [0, 0.1) is 0 Å². The smallest absolute Gasteiger partial charge is 0.0865 e. The van der Waals surface area contributed by atoms with E-state index in [1.165, 1.54) is 71.9 Å². The van der Waals surface area contributed by atoms with Crippen LogP contribution in [0.2, 0.25) is 0 Å². The summed E-state index contributed by atoms with van der Waals surface area (Å²) in [4.78, 5) is 0. The molecular formula is C48H42N4. The molecular weight excluding hydrogens is 633 g/mol. The predicted octanol–water partition coefficient (Wildman–Crippen LogP) is 10.7.